The van der Waals surface area contributed by atoms with Crippen LogP contribution in [0.3, 0.4) is 0 Å². The van der Waals surface area contributed by atoms with Crippen molar-refractivity contribution in [2.24, 2.45) is 0 Å². The number of hydrogen-bond donors (Lipinski definition) is 2. The highest BCUT2D eigenvalue weighted by Gasteiger charge is 2.36. The number of anilines is 1. The number of benzene rings is 2. The highest BCUT2D eigenvalue weighted by Crippen LogP contribution is 2.33. The van der Waals surface area contributed by atoms with Gasteiger partial charge in [0.2, 0.25) is 0 Å². The van der Waals surface area contributed by atoms with Crippen molar-refractivity contribution in [3.8, 4) is 0 Å². The Morgan fingerprint density at radius 1 is 1.26 bits per heavy atom. The summed E-state index contributed by atoms with van der Waals surface area (Å²) >= 11 is 5.82. The Morgan fingerprint density at radius 3 is 2.66 bits per heavy atom. The number of amides is 3. The van der Waals surface area contributed by atoms with Crippen LogP contribution in [-0.4, -0.2) is 41.4 Å². The third-order valence-electron chi connectivity index (χ3n) is 5.62. The Morgan fingerprint density at radius 2 is 2.00 bits per heavy atom. The number of carbonyl (C=O) groups is 3. The summed E-state index contributed by atoms with van der Waals surface area (Å²) in [6, 6.07) is 9.24. The Kier molecular flexibility index (Phi) is 8.08. The van der Waals surface area contributed by atoms with Crippen LogP contribution < -0.4 is 10.6 Å². The molecule has 3 rings (SSSR count). The number of ether oxygens (including phenoxy) is 1. The van der Waals surface area contributed by atoms with E-state index in [4.69, 9.17) is 16.3 Å². The molecule has 0 fully saturated rings. The molecule has 10 nitrogen and oxygen atoms in total. The Balaban J connectivity index is 1.92. The molecule has 1 atom stereocenters. The van der Waals surface area contributed by atoms with Crippen LogP contribution >= 0.6 is 11.6 Å². The van der Waals surface area contributed by atoms with Gasteiger partial charge in [-0.3, -0.25) is 19.8 Å². The standard InChI is InChI=1S/C24H25ClN4O6/c1-4-5-11-28-14(2)20(23(31)35-3)21(27-24(28)32)15-7-6-8-17(12-15)26-22(30)16-9-10-18(25)19(13-16)29(33)34/h6-10,12-13,21H,4-5,11H2,1-3H3,(H,26,30)(H,27,32)/t21-/m0/s1. The summed E-state index contributed by atoms with van der Waals surface area (Å²) in [6.45, 7) is 4.17. The van der Waals surface area contributed by atoms with Gasteiger partial charge in [0.15, 0.2) is 0 Å². The fourth-order valence-corrected chi connectivity index (χ4v) is 3.97. The maximum atomic E-state index is 12.8. The maximum absolute atomic E-state index is 12.8. The van der Waals surface area contributed by atoms with Crippen molar-refractivity contribution in [3.63, 3.8) is 0 Å². The maximum Gasteiger partial charge on any atom is 0.337 e. The van der Waals surface area contributed by atoms with Gasteiger partial charge in [0.25, 0.3) is 11.6 Å². The lowest BCUT2D eigenvalue weighted by atomic mass is 9.94. The molecule has 0 bridgehead atoms. The minimum atomic E-state index is -0.790. The molecular weight excluding hydrogens is 476 g/mol. The van der Waals surface area contributed by atoms with Gasteiger partial charge in [0.1, 0.15) is 5.02 Å². The lowest BCUT2D eigenvalue weighted by Crippen LogP contribution is -2.48. The smallest absolute Gasteiger partial charge is 0.337 e. The molecule has 2 aromatic rings. The van der Waals surface area contributed by atoms with Crippen LogP contribution in [0.5, 0.6) is 0 Å². The first-order valence-corrected chi connectivity index (χ1v) is 11.3. The number of allylic oxidation sites excluding steroid dienone is 1. The fourth-order valence-electron chi connectivity index (χ4n) is 3.78. The zero-order valence-corrected chi connectivity index (χ0v) is 20.2. The van der Waals surface area contributed by atoms with Crippen molar-refractivity contribution < 1.29 is 24.0 Å². The normalized spacial score (nSPS) is 15.5. The van der Waals surface area contributed by atoms with Crippen molar-refractivity contribution in [2.45, 2.75) is 32.7 Å². The van der Waals surface area contributed by atoms with Crippen LogP contribution in [0.25, 0.3) is 0 Å². The van der Waals surface area contributed by atoms with E-state index >= 15 is 0 Å². The van der Waals surface area contributed by atoms with E-state index in [2.05, 4.69) is 10.6 Å². The molecule has 35 heavy (non-hydrogen) atoms. The number of esters is 1. The molecule has 2 aromatic carbocycles. The molecule has 2 N–H and O–H groups in total. The van der Waals surface area contributed by atoms with Gasteiger partial charge in [-0.05, 0) is 43.2 Å². The lowest BCUT2D eigenvalue weighted by molar-refractivity contribution is -0.384. The van der Waals surface area contributed by atoms with E-state index in [0.29, 0.717) is 29.1 Å². The first-order chi connectivity index (χ1) is 16.7. The highest BCUT2D eigenvalue weighted by molar-refractivity contribution is 6.32. The molecule has 0 aliphatic carbocycles. The first-order valence-electron chi connectivity index (χ1n) is 10.9. The summed E-state index contributed by atoms with van der Waals surface area (Å²) in [6.07, 6.45) is 1.65. The number of nitrogens with zero attached hydrogens (tertiary/aromatic N) is 2. The second kappa shape index (κ2) is 11.0. The van der Waals surface area contributed by atoms with Crippen LogP contribution in [0.15, 0.2) is 53.7 Å². The molecule has 0 unspecified atom stereocenters. The molecule has 3 amide bonds. The van der Waals surface area contributed by atoms with E-state index in [1.54, 1.807) is 31.2 Å². The van der Waals surface area contributed by atoms with Crippen molar-refractivity contribution in [1.82, 2.24) is 10.2 Å². The molecule has 0 aromatic heterocycles. The number of methoxy groups -OCH3 is 1. The number of nitrogens with one attached hydrogen (secondary N) is 2. The van der Waals surface area contributed by atoms with Crippen LogP contribution in [0, 0.1) is 10.1 Å². The van der Waals surface area contributed by atoms with Crippen molar-refractivity contribution >= 4 is 40.9 Å². The predicted octanol–water partition coefficient (Wildman–Crippen LogP) is 4.81. The fraction of sp³-hybridized carbons (Fsp3) is 0.292. The molecule has 11 heteroatoms. The van der Waals surface area contributed by atoms with Crippen LogP contribution in [0.4, 0.5) is 16.2 Å². The molecule has 1 aliphatic rings. The summed E-state index contributed by atoms with van der Waals surface area (Å²) in [7, 11) is 1.27. The summed E-state index contributed by atoms with van der Waals surface area (Å²) in [4.78, 5) is 50.2. The molecule has 0 saturated heterocycles. The third-order valence-corrected chi connectivity index (χ3v) is 5.94. The summed E-state index contributed by atoms with van der Waals surface area (Å²) in [5, 5.41) is 16.6. The van der Waals surface area contributed by atoms with Crippen LogP contribution in [0.2, 0.25) is 5.02 Å². The lowest BCUT2D eigenvalue weighted by Gasteiger charge is -2.35. The quantitative estimate of drug-likeness (QED) is 0.303. The van der Waals surface area contributed by atoms with E-state index in [9.17, 15) is 24.5 Å². The Labute approximate surface area is 207 Å². The van der Waals surface area contributed by atoms with Crippen LogP contribution in [0.1, 0.15) is 48.7 Å². The van der Waals surface area contributed by atoms with Crippen LogP contribution in [-0.2, 0) is 9.53 Å². The zero-order chi connectivity index (χ0) is 25.7. The highest BCUT2D eigenvalue weighted by atomic mass is 35.5. The van der Waals surface area contributed by atoms with Gasteiger partial charge in [-0.25, -0.2) is 9.59 Å². The number of rotatable bonds is 8. The molecular formula is C24H25ClN4O6. The summed E-state index contributed by atoms with van der Waals surface area (Å²) in [5.41, 5.74) is 1.38. The van der Waals surface area contributed by atoms with E-state index in [-0.39, 0.29) is 22.3 Å². The van der Waals surface area contributed by atoms with Gasteiger partial charge in [-0.1, -0.05) is 37.1 Å². The summed E-state index contributed by atoms with van der Waals surface area (Å²) < 4.78 is 4.98. The van der Waals surface area contributed by atoms with Crippen molar-refractivity contribution in [3.05, 3.63) is 80.0 Å². The molecule has 1 heterocycles. The number of nitro benzene ring substituents is 1. The second-order valence-electron chi connectivity index (χ2n) is 7.88. The van der Waals surface area contributed by atoms with Gasteiger partial charge >= 0.3 is 12.0 Å². The number of urea groups is 1. The number of nitro groups is 1. The minimum absolute atomic E-state index is 0.0510. The van der Waals surface area contributed by atoms with Crippen molar-refractivity contribution in [1.29, 1.82) is 0 Å². The van der Waals surface area contributed by atoms with E-state index < -0.39 is 22.8 Å². The molecule has 0 saturated carbocycles. The third kappa shape index (κ3) is 5.60. The van der Waals surface area contributed by atoms with Gasteiger partial charge in [0, 0.05) is 29.6 Å². The zero-order valence-electron chi connectivity index (χ0n) is 19.5. The average molecular weight is 501 g/mol. The molecule has 0 radical (unpaired) electrons. The van der Waals surface area contributed by atoms with Gasteiger partial charge in [-0.15, -0.1) is 0 Å². The first kappa shape index (κ1) is 25.7. The second-order valence-corrected chi connectivity index (χ2v) is 8.29. The monoisotopic (exact) mass is 500 g/mol. The molecule has 0 spiro atoms. The van der Waals surface area contributed by atoms with E-state index in [1.807, 2.05) is 6.92 Å². The van der Waals surface area contributed by atoms with Gasteiger partial charge in [0.05, 0.1) is 23.6 Å². The largest absolute Gasteiger partial charge is 0.466 e. The minimum Gasteiger partial charge on any atom is -0.466 e. The predicted molar refractivity (Wildman–Crippen MR) is 130 cm³/mol. The Bertz CT molecular complexity index is 1210. The van der Waals surface area contributed by atoms with E-state index in [1.165, 1.54) is 24.1 Å². The summed E-state index contributed by atoms with van der Waals surface area (Å²) in [5.74, 6) is -1.16. The number of unbranched alkanes of at least 4 members (excludes halogenated alkanes) is 1. The van der Waals surface area contributed by atoms with Gasteiger partial charge < -0.3 is 15.4 Å². The van der Waals surface area contributed by atoms with E-state index in [0.717, 1.165) is 18.9 Å². The molecule has 184 valence electrons. The Hall–Kier alpha value is -3.92. The van der Waals surface area contributed by atoms with Gasteiger partial charge in [-0.2, -0.15) is 0 Å². The SMILES string of the molecule is CCCCN1C(=O)N[C@@H](c2cccc(NC(=O)c3ccc(Cl)c([N+](=O)[O-])c3)c2)C(C(=O)OC)=C1C. The number of carbonyl (C=O) groups excluding carboxylic acids is 3. The number of hydrogen-bond acceptors (Lipinski definition) is 6. The molecule has 1 aliphatic heterocycles. The average Bonchev–Trinajstić information content (AvgIpc) is 2.83. The number of halogens is 1. The topological polar surface area (TPSA) is 131 Å². The van der Waals surface area contributed by atoms with Crippen molar-refractivity contribution in [2.75, 3.05) is 19.0 Å².